The number of amides is 1. The summed E-state index contributed by atoms with van der Waals surface area (Å²) in [5, 5.41) is -0.356. The second-order valence-corrected chi connectivity index (χ2v) is 5.57. The molecular formula is C13H14Cl2FN3O2. The number of fused-ring (bicyclic) bond motifs is 1. The van der Waals surface area contributed by atoms with Crippen LogP contribution >= 0.6 is 23.2 Å². The van der Waals surface area contributed by atoms with Gasteiger partial charge in [-0.25, -0.2) is 9.37 Å². The maximum atomic E-state index is 13.5. The Kier molecular flexibility index (Phi) is 5.03. The van der Waals surface area contributed by atoms with Crippen LogP contribution in [0.5, 0.6) is 0 Å². The number of imidazole rings is 1. The fourth-order valence-corrected chi connectivity index (χ4v) is 2.33. The van der Waals surface area contributed by atoms with Crippen LogP contribution in [0, 0.1) is 5.82 Å². The Bertz CT molecular complexity index is 673. The third-order valence-electron chi connectivity index (χ3n) is 2.88. The van der Waals surface area contributed by atoms with E-state index in [2.05, 4.69) is 4.98 Å². The van der Waals surface area contributed by atoms with Crippen molar-refractivity contribution in [2.45, 2.75) is 18.8 Å². The minimum atomic E-state index is -0.540. The van der Waals surface area contributed by atoms with Crippen molar-refractivity contribution in [2.75, 3.05) is 13.2 Å². The molecule has 0 aliphatic carbocycles. The molecule has 0 saturated carbocycles. The number of hydrogen-bond acceptors (Lipinski definition) is 3. The summed E-state index contributed by atoms with van der Waals surface area (Å²) < 4.78 is 20.4. The molecule has 1 heterocycles. The van der Waals surface area contributed by atoms with Crippen LogP contribution in [-0.4, -0.2) is 28.7 Å². The number of rotatable bonds is 6. The van der Waals surface area contributed by atoms with E-state index in [1.165, 1.54) is 12.1 Å². The molecule has 1 unspecified atom stereocenters. The number of aromatic nitrogens is 2. The number of carbonyl (C=O) groups is 1. The molecule has 2 N–H and O–H groups in total. The maximum absolute atomic E-state index is 13.5. The summed E-state index contributed by atoms with van der Waals surface area (Å²) in [6.07, 6.45) is 0. The average molecular weight is 334 g/mol. The van der Waals surface area contributed by atoms with Gasteiger partial charge in [0.25, 0.3) is 0 Å². The number of ether oxygens (including phenoxy) is 1. The van der Waals surface area contributed by atoms with Crippen LogP contribution in [0.3, 0.4) is 0 Å². The normalized spacial score (nSPS) is 12.8. The molecule has 0 bridgehead atoms. The number of hydrogen-bond donors (Lipinski definition) is 1. The zero-order valence-corrected chi connectivity index (χ0v) is 12.8. The fourth-order valence-electron chi connectivity index (χ4n) is 2.01. The van der Waals surface area contributed by atoms with Crippen molar-refractivity contribution in [3.8, 4) is 0 Å². The number of carbonyl (C=O) groups excluding carboxylic acids is 1. The molecule has 1 atom stereocenters. The lowest BCUT2D eigenvalue weighted by atomic mass is 10.3. The van der Waals surface area contributed by atoms with Gasteiger partial charge < -0.3 is 15.0 Å². The van der Waals surface area contributed by atoms with Crippen molar-refractivity contribution in [3.63, 3.8) is 0 Å². The first-order valence-electron chi connectivity index (χ1n) is 6.25. The van der Waals surface area contributed by atoms with E-state index in [-0.39, 0.29) is 23.6 Å². The third-order valence-corrected chi connectivity index (χ3v) is 3.36. The molecule has 2 aromatic rings. The van der Waals surface area contributed by atoms with Crippen LogP contribution in [0.15, 0.2) is 12.1 Å². The van der Waals surface area contributed by atoms with Crippen LogP contribution in [-0.2, 0) is 16.1 Å². The van der Waals surface area contributed by atoms with Gasteiger partial charge in [0.05, 0.1) is 28.0 Å². The Morgan fingerprint density at radius 2 is 2.29 bits per heavy atom. The molecule has 8 heteroatoms. The molecule has 5 nitrogen and oxygen atoms in total. The van der Waals surface area contributed by atoms with E-state index in [0.29, 0.717) is 23.4 Å². The standard InChI is InChI=1S/C13H14Cl2FN3O2/c1-7(14)13-18-10-5-9(16)8(15)4-11(10)19(13)2-3-21-6-12(17)20/h4-5,7H,2-3,6H2,1H3,(H2,17,20). The van der Waals surface area contributed by atoms with E-state index < -0.39 is 11.7 Å². The van der Waals surface area contributed by atoms with E-state index >= 15 is 0 Å². The monoisotopic (exact) mass is 333 g/mol. The highest BCUT2D eigenvalue weighted by atomic mass is 35.5. The Labute approximate surface area is 130 Å². The molecular weight excluding hydrogens is 320 g/mol. The zero-order valence-electron chi connectivity index (χ0n) is 11.3. The lowest BCUT2D eigenvalue weighted by molar-refractivity contribution is -0.122. The average Bonchev–Trinajstić information content (AvgIpc) is 2.73. The SMILES string of the molecule is CC(Cl)c1nc2cc(F)c(Cl)cc2n1CCOCC(N)=O. The molecule has 1 amide bonds. The number of primary amides is 1. The number of alkyl halides is 1. The van der Waals surface area contributed by atoms with Crippen molar-refractivity contribution in [3.05, 3.63) is 28.8 Å². The molecule has 0 radical (unpaired) electrons. The summed E-state index contributed by atoms with van der Waals surface area (Å²) in [6.45, 7) is 2.26. The molecule has 21 heavy (non-hydrogen) atoms. The van der Waals surface area contributed by atoms with Gasteiger partial charge in [-0.05, 0) is 13.0 Å². The van der Waals surface area contributed by atoms with Gasteiger partial charge in [-0.2, -0.15) is 0 Å². The summed E-state index contributed by atoms with van der Waals surface area (Å²) >= 11 is 11.9. The van der Waals surface area contributed by atoms with E-state index in [1.54, 1.807) is 11.5 Å². The lowest BCUT2D eigenvalue weighted by Crippen LogP contribution is -2.20. The van der Waals surface area contributed by atoms with Gasteiger partial charge in [0, 0.05) is 12.6 Å². The lowest BCUT2D eigenvalue weighted by Gasteiger charge is -2.10. The fraction of sp³-hybridized carbons (Fsp3) is 0.385. The van der Waals surface area contributed by atoms with Gasteiger partial charge in [-0.15, -0.1) is 11.6 Å². The van der Waals surface area contributed by atoms with E-state index in [9.17, 15) is 9.18 Å². The minimum Gasteiger partial charge on any atom is -0.370 e. The molecule has 2 rings (SSSR count). The highest BCUT2D eigenvalue weighted by Crippen LogP contribution is 2.28. The van der Waals surface area contributed by atoms with Crippen LogP contribution < -0.4 is 5.73 Å². The van der Waals surface area contributed by atoms with Crippen molar-refractivity contribution in [1.82, 2.24) is 9.55 Å². The molecule has 0 spiro atoms. The number of benzene rings is 1. The van der Waals surface area contributed by atoms with Crippen LogP contribution in [0.1, 0.15) is 18.1 Å². The number of halogens is 3. The highest BCUT2D eigenvalue weighted by molar-refractivity contribution is 6.31. The maximum Gasteiger partial charge on any atom is 0.243 e. The Morgan fingerprint density at radius 1 is 1.57 bits per heavy atom. The largest absolute Gasteiger partial charge is 0.370 e. The van der Waals surface area contributed by atoms with Gasteiger partial charge in [0.1, 0.15) is 18.2 Å². The van der Waals surface area contributed by atoms with Crippen LogP contribution in [0.2, 0.25) is 5.02 Å². The Hall–Kier alpha value is -1.37. The zero-order chi connectivity index (χ0) is 15.6. The third kappa shape index (κ3) is 3.64. The van der Waals surface area contributed by atoms with Crippen molar-refractivity contribution >= 4 is 40.1 Å². The van der Waals surface area contributed by atoms with Crippen molar-refractivity contribution < 1.29 is 13.9 Å². The smallest absolute Gasteiger partial charge is 0.243 e. The number of nitrogens with two attached hydrogens (primary N) is 1. The van der Waals surface area contributed by atoms with Crippen LogP contribution in [0.25, 0.3) is 11.0 Å². The molecule has 0 fully saturated rings. The van der Waals surface area contributed by atoms with Gasteiger partial charge in [0.2, 0.25) is 5.91 Å². The second kappa shape index (κ2) is 6.60. The van der Waals surface area contributed by atoms with Gasteiger partial charge in [-0.1, -0.05) is 11.6 Å². The van der Waals surface area contributed by atoms with Crippen molar-refractivity contribution in [2.24, 2.45) is 5.73 Å². The molecule has 0 saturated heterocycles. The first kappa shape index (κ1) is 16.0. The predicted molar refractivity (Wildman–Crippen MR) is 79.0 cm³/mol. The van der Waals surface area contributed by atoms with E-state index in [1.807, 2.05) is 0 Å². The quantitative estimate of drug-likeness (QED) is 0.652. The Balaban J connectivity index is 2.32. The number of nitrogens with zero attached hydrogens (tertiary/aromatic N) is 2. The first-order chi connectivity index (χ1) is 9.90. The predicted octanol–water partition coefficient (Wildman–Crippen LogP) is 2.63. The van der Waals surface area contributed by atoms with Crippen LogP contribution in [0.4, 0.5) is 4.39 Å². The summed E-state index contributed by atoms with van der Waals surface area (Å²) in [5.41, 5.74) is 6.12. The van der Waals surface area contributed by atoms with E-state index in [4.69, 9.17) is 33.7 Å². The van der Waals surface area contributed by atoms with E-state index in [0.717, 1.165) is 0 Å². The van der Waals surface area contributed by atoms with Gasteiger partial charge in [0.15, 0.2) is 0 Å². The molecule has 1 aromatic carbocycles. The second-order valence-electron chi connectivity index (χ2n) is 4.51. The van der Waals surface area contributed by atoms with Crippen molar-refractivity contribution in [1.29, 1.82) is 0 Å². The molecule has 0 aliphatic rings. The topological polar surface area (TPSA) is 70.1 Å². The molecule has 0 aliphatic heterocycles. The molecule has 114 valence electrons. The molecule has 1 aromatic heterocycles. The summed E-state index contributed by atoms with van der Waals surface area (Å²) in [7, 11) is 0. The first-order valence-corrected chi connectivity index (χ1v) is 7.07. The minimum absolute atomic E-state index is 0.00970. The summed E-state index contributed by atoms with van der Waals surface area (Å²) in [6, 6.07) is 2.76. The van der Waals surface area contributed by atoms with Gasteiger partial charge >= 0.3 is 0 Å². The Morgan fingerprint density at radius 3 is 2.90 bits per heavy atom. The summed E-state index contributed by atoms with van der Waals surface area (Å²) in [5.74, 6) is -0.495. The highest BCUT2D eigenvalue weighted by Gasteiger charge is 2.16. The van der Waals surface area contributed by atoms with Gasteiger partial charge in [-0.3, -0.25) is 4.79 Å². The summed E-state index contributed by atoms with van der Waals surface area (Å²) in [4.78, 5) is 14.9.